The van der Waals surface area contributed by atoms with Crippen LogP contribution in [-0.2, 0) is 6.54 Å². The molecule has 0 bridgehead atoms. The van der Waals surface area contributed by atoms with Gasteiger partial charge in [-0.25, -0.2) is 4.39 Å². The molecule has 3 rings (SSSR count). The minimum Gasteiger partial charge on any atom is -0.457 e. The first-order chi connectivity index (χ1) is 9.70. The number of hydrogen-bond acceptors (Lipinski definition) is 2. The number of halogens is 1. The van der Waals surface area contributed by atoms with Gasteiger partial charge >= 0.3 is 0 Å². The SMILES string of the molecule is Cc1ccc(Oc2cccc(F)c2)c(CNC2CC2)c1. The zero-order chi connectivity index (χ0) is 13.9. The summed E-state index contributed by atoms with van der Waals surface area (Å²) < 4.78 is 19.0. The van der Waals surface area contributed by atoms with E-state index in [9.17, 15) is 4.39 Å². The van der Waals surface area contributed by atoms with Crippen molar-refractivity contribution in [1.29, 1.82) is 0 Å². The van der Waals surface area contributed by atoms with Gasteiger partial charge in [-0.15, -0.1) is 0 Å². The predicted octanol–water partition coefficient (Wildman–Crippen LogP) is 4.18. The molecule has 0 heterocycles. The summed E-state index contributed by atoms with van der Waals surface area (Å²) in [5.41, 5.74) is 2.31. The van der Waals surface area contributed by atoms with Crippen molar-refractivity contribution in [2.75, 3.05) is 0 Å². The molecule has 2 nitrogen and oxygen atoms in total. The first-order valence-corrected chi connectivity index (χ1v) is 6.97. The van der Waals surface area contributed by atoms with Crippen LogP contribution in [0.3, 0.4) is 0 Å². The van der Waals surface area contributed by atoms with Crippen LogP contribution in [-0.4, -0.2) is 6.04 Å². The van der Waals surface area contributed by atoms with Crippen LogP contribution in [0.4, 0.5) is 4.39 Å². The molecule has 1 aliphatic carbocycles. The lowest BCUT2D eigenvalue weighted by atomic mass is 10.1. The summed E-state index contributed by atoms with van der Waals surface area (Å²) in [6.07, 6.45) is 2.51. The summed E-state index contributed by atoms with van der Waals surface area (Å²) in [5, 5.41) is 3.48. The van der Waals surface area contributed by atoms with Gasteiger partial charge in [0, 0.05) is 24.2 Å². The van der Waals surface area contributed by atoms with E-state index in [0.29, 0.717) is 11.8 Å². The molecule has 0 radical (unpaired) electrons. The minimum atomic E-state index is -0.285. The number of ether oxygens (including phenoxy) is 1. The molecule has 0 saturated heterocycles. The zero-order valence-electron chi connectivity index (χ0n) is 11.5. The average molecular weight is 271 g/mol. The van der Waals surface area contributed by atoms with Crippen molar-refractivity contribution in [2.45, 2.75) is 32.4 Å². The second kappa shape index (κ2) is 5.63. The highest BCUT2D eigenvalue weighted by Gasteiger charge is 2.20. The first-order valence-electron chi connectivity index (χ1n) is 6.97. The standard InChI is InChI=1S/C17H18FNO/c1-12-5-8-17(13(9-12)11-19-15-6-7-15)20-16-4-2-3-14(18)10-16/h2-5,8-10,15,19H,6-7,11H2,1H3. The first kappa shape index (κ1) is 13.1. The zero-order valence-corrected chi connectivity index (χ0v) is 11.5. The molecule has 0 spiro atoms. The Kier molecular flexibility index (Phi) is 3.70. The topological polar surface area (TPSA) is 21.3 Å². The lowest BCUT2D eigenvalue weighted by Crippen LogP contribution is -2.15. The highest BCUT2D eigenvalue weighted by molar-refractivity contribution is 5.40. The Morgan fingerprint density at radius 1 is 1.20 bits per heavy atom. The second-order valence-electron chi connectivity index (χ2n) is 5.33. The molecule has 2 aromatic rings. The monoisotopic (exact) mass is 271 g/mol. The van der Waals surface area contributed by atoms with Gasteiger partial charge in [-0.05, 0) is 38.0 Å². The highest BCUT2D eigenvalue weighted by atomic mass is 19.1. The van der Waals surface area contributed by atoms with E-state index in [1.807, 2.05) is 12.1 Å². The Balaban J connectivity index is 1.79. The van der Waals surface area contributed by atoms with Crippen LogP contribution in [0.25, 0.3) is 0 Å². The number of aryl methyl sites for hydroxylation is 1. The van der Waals surface area contributed by atoms with Crippen molar-refractivity contribution < 1.29 is 9.13 Å². The maximum absolute atomic E-state index is 13.2. The van der Waals surface area contributed by atoms with Gasteiger partial charge in [0.2, 0.25) is 0 Å². The van der Waals surface area contributed by atoms with Crippen molar-refractivity contribution in [3.8, 4) is 11.5 Å². The van der Waals surface area contributed by atoms with Crippen LogP contribution in [0.15, 0.2) is 42.5 Å². The summed E-state index contributed by atoms with van der Waals surface area (Å²) in [4.78, 5) is 0. The summed E-state index contributed by atoms with van der Waals surface area (Å²) in [7, 11) is 0. The number of rotatable bonds is 5. The third-order valence-corrected chi connectivity index (χ3v) is 3.40. The van der Waals surface area contributed by atoms with Crippen LogP contribution >= 0.6 is 0 Å². The quantitative estimate of drug-likeness (QED) is 0.881. The van der Waals surface area contributed by atoms with Gasteiger partial charge in [-0.2, -0.15) is 0 Å². The lowest BCUT2D eigenvalue weighted by Gasteiger charge is -2.13. The van der Waals surface area contributed by atoms with E-state index in [-0.39, 0.29) is 5.82 Å². The molecule has 1 saturated carbocycles. The fraction of sp³-hybridized carbons (Fsp3) is 0.294. The van der Waals surface area contributed by atoms with E-state index < -0.39 is 0 Å². The van der Waals surface area contributed by atoms with Gasteiger partial charge in [-0.1, -0.05) is 23.8 Å². The van der Waals surface area contributed by atoms with Gasteiger partial charge in [0.05, 0.1) is 0 Å². The summed E-state index contributed by atoms with van der Waals surface area (Å²) >= 11 is 0. The molecule has 0 unspecified atom stereocenters. The Hall–Kier alpha value is -1.87. The molecular weight excluding hydrogens is 253 g/mol. The second-order valence-corrected chi connectivity index (χ2v) is 5.33. The smallest absolute Gasteiger partial charge is 0.131 e. The molecule has 1 N–H and O–H groups in total. The minimum absolute atomic E-state index is 0.285. The fourth-order valence-corrected chi connectivity index (χ4v) is 2.15. The largest absolute Gasteiger partial charge is 0.457 e. The normalized spacial score (nSPS) is 14.3. The Bertz CT molecular complexity index is 608. The van der Waals surface area contributed by atoms with Gasteiger partial charge < -0.3 is 10.1 Å². The van der Waals surface area contributed by atoms with Crippen LogP contribution in [0.2, 0.25) is 0 Å². The van der Waals surface area contributed by atoms with Crippen molar-refractivity contribution in [1.82, 2.24) is 5.32 Å². The van der Waals surface area contributed by atoms with Crippen LogP contribution in [0.1, 0.15) is 24.0 Å². The van der Waals surface area contributed by atoms with Crippen molar-refractivity contribution in [3.05, 3.63) is 59.4 Å². The molecule has 0 atom stereocenters. The Morgan fingerprint density at radius 3 is 2.80 bits per heavy atom. The van der Waals surface area contributed by atoms with Crippen LogP contribution in [0.5, 0.6) is 11.5 Å². The summed E-state index contributed by atoms with van der Waals surface area (Å²) in [6, 6.07) is 13.0. The molecule has 20 heavy (non-hydrogen) atoms. The van der Waals surface area contributed by atoms with Gasteiger partial charge in [-0.3, -0.25) is 0 Å². The molecule has 2 aromatic carbocycles. The molecular formula is C17H18FNO. The molecule has 3 heteroatoms. The van der Waals surface area contributed by atoms with E-state index in [0.717, 1.165) is 17.9 Å². The number of benzene rings is 2. The van der Waals surface area contributed by atoms with Crippen molar-refractivity contribution in [3.63, 3.8) is 0 Å². The molecule has 1 fully saturated rings. The van der Waals surface area contributed by atoms with Crippen molar-refractivity contribution >= 4 is 0 Å². The maximum atomic E-state index is 13.2. The van der Waals surface area contributed by atoms with E-state index in [2.05, 4.69) is 18.3 Å². The lowest BCUT2D eigenvalue weighted by molar-refractivity contribution is 0.467. The number of nitrogens with one attached hydrogen (secondary N) is 1. The van der Waals surface area contributed by atoms with Gasteiger partial charge in [0.1, 0.15) is 17.3 Å². The van der Waals surface area contributed by atoms with E-state index in [4.69, 9.17) is 4.74 Å². The average Bonchev–Trinajstić information content (AvgIpc) is 3.23. The highest BCUT2D eigenvalue weighted by Crippen LogP contribution is 2.28. The molecule has 0 amide bonds. The van der Waals surface area contributed by atoms with E-state index in [1.165, 1.54) is 30.5 Å². The predicted molar refractivity (Wildman–Crippen MR) is 77.5 cm³/mol. The molecule has 0 aliphatic heterocycles. The summed E-state index contributed by atoms with van der Waals surface area (Å²) in [5.74, 6) is 1.03. The Labute approximate surface area is 118 Å². The van der Waals surface area contributed by atoms with E-state index in [1.54, 1.807) is 12.1 Å². The van der Waals surface area contributed by atoms with Crippen LogP contribution in [0, 0.1) is 12.7 Å². The van der Waals surface area contributed by atoms with Gasteiger partial charge in [0.15, 0.2) is 0 Å². The third kappa shape index (κ3) is 3.36. The Morgan fingerprint density at radius 2 is 2.05 bits per heavy atom. The van der Waals surface area contributed by atoms with Gasteiger partial charge in [0.25, 0.3) is 0 Å². The fourth-order valence-electron chi connectivity index (χ4n) is 2.15. The van der Waals surface area contributed by atoms with Crippen LogP contribution < -0.4 is 10.1 Å². The maximum Gasteiger partial charge on any atom is 0.131 e. The molecule has 1 aliphatic rings. The third-order valence-electron chi connectivity index (χ3n) is 3.40. The molecule has 104 valence electrons. The van der Waals surface area contributed by atoms with E-state index >= 15 is 0 Å². The summed E-state index contributed by atoms with van der Waals surface area (Å²) in [6.45, 7) is 2.85. The van der Waals surface area contributed by atoms with Crippen molar-refractivity contribution in [2.24, 2.45) is 0 Å². The number of hydrogen-bond donors (Lipinski definition) is 1. The molecule has 0 aromatic heterocycles.